The van der Waals surface area contributed by atoms with Crippen molar-refractivity contribution in [3.05, 3.63) is 79.1 Å². The third kappa shape index (κ3) is 1.93. The Labute approximate surface area is 164 Å². The Hall–Kier alpha value is -4.12. The molecule has 0 fully saturated rings. The normalized spacial score (nSPS) is 12.1. The summed E-state index contributed by atoms with van der Waals surface area (Å²) < 4.78 is 2.20. The average molecular weight is 371 g/mol. The number of hydrogen-bond donors (Lipinski definition) is 0. The van der Waals surface area contributed by atoms with Crippen molar-refractivity contribution in [1.82, 2.24) is 24.3 Å². The third-order valence-electron chi connectivity index (χ3n) is 5.64. The molecule has 0 N–H and O–H groups in total. The fraction of sp³-hybridized carbons (Fsp3) is 0. The van der Waals surface area contributed by atoms with Crippen LogP contribution in [0, 0.1) is 0 Å². The Morgan fingerprint density at radius 1 is 0.586 bits per heavy atom. The standard InChI is InChI=1S/C24H13N5/c1-2-6-15-12-18-17(11-14(15)5-1)20-13-16-7-3-4-8-19(16)29(20)24-21(18)27-22-23(28-24)26-10-9-25-22/h1-13H. The molecule has 3 aromatic carbocycles. The second kappa shape index (κ2) is 5.23. The monoisotopic (exact) mass is 371 g/mol. The predicted octanol–water partition coefficient (Wildman–Crippen LogP) is 5.29. The van der Waals surface area contributed by atoms with Gasteiger partial charge in [-0.2, -0.15) is 0 Å². The van der Waals surface area contributed by atoms with Crippen LogP contribution in [0.2, 0.25) is 0 Å². The first kappa shape index (κ1) is 14.9. The maximum atomic E-state index is 4.89. The summed E-state index contributed by atoms with van der Waals surface area (Å²) in [4.78, 5) is 18.5. The average Bonchev–Trinajstić information content (AvgIpc) is 3.17. The van der Waals surface area contributed by atoms with Gasteiger partial charge >= 0.3 is 0 Å². The van der Waals surface area contributed by atoms with Gasteiger partial charge in [0, 0.05) is 28.6 Å². The molecular weight excluding hydrogens is 358 g/mol. The Kier molecular flexibility index (Phi) is 2.68. The fourth-order valence-electron chi connectivity index (χ4n) is 4.36. The van der Waals surface area contributed by atoms with Crippen LogP contribution >= 0.6 is 0 Å². The zero-order valence-corrected chi connectivity index (χ0v) is 15.2. The van der Waals surface area contributed by atoms with Gasteiger partial charge in [-0.1, -0.05) is 42.5 Å². The summed E-state index contributed by atoms with van der Waals surface area (Å²) in [6.45, 7) is 0. The molecule has 0 aliphatic carbocycles. The molecule has 5 heteroatoms. The number of hydrogen-bond acceptors (Lipinski definition) is 4. The summed E-state index contributed by atoms with van der Waals surface area (Å²) in [5.74, 6) is 0. The maximum Gasteiger partial charge on any atom is 0.199 e. The lowest BCUT2D eigenvalue weighted by atomic mass is 10.0. The number of pyridine rings is 1. The van der Waals surface area contributed by atoms with E-state index in [2.05, 4.69) is 81.1 Å². The van der Waals surface area contributed by atoms with Gasteiger partial charge in [-0.05, 0) is 35.0 Å². The highest BCUT2D eigenvalue weighted by molar-refractivity contribution is 6.17. The largest absolute Gasteiger partial charge is 0.292 e. The van der Waals surface area contributed by atoms with Crippen LogP contribution in [-0.2, 0) is 0 Å². The van der Waals surface area contributed by atoms with Crippen LogP contribution in [0.3, 0.4) is 0 Å². The van der Waals surface area contributed by atoms with Crippen LogP contribution < -0.4 is 0 Å². The molecular formula is C24H13N5. The zero-order chi connectivity index (χ0) is 18.9. The lowest BCUT2D eigenvalue weighted by molar-refractivity contribution is 1.17. The van der Waals surface area contributed by atoms with Gasteiger partial charge in [-0.15, -0.1) is 0 Å². The highest BCUT2D eigenvalue weighted by Gasteiger charge is 2.16. The highest BCUT2D eigenvalue weighted by Crippen LogP contribution is 2.35. The molecule has 0 radical (unpaired) electrons. The number of benzene rings is 3. The molecule has 4 aromatic heterocycles. The first-order valence-electron chi connectivity index (χ1n) is 9.50. The van der Waals surface area contributed by atoms with Gasteiger partial charge in [0.1, 0.15) is 5.52 Å². The molecule has 0 spiro atoms. The summed E-state index contributed by atoms with van der Waals surface area (Å²) in [6, 6.07) is 23.5. The van der Waals surface area contributed by atoms with Gasteiger partial charge in [-0.25, -0.2) is 19.9 Å². The van der Waals surface area contributed by atoms with Crippen molar-refractivity contribution >= 4 is 60.4 Å². The van der Waals surface area contributed by atoms with E-state index in [9.17, 15) is 0 Å². The number of nitrogens with zero attached hydrogens (tertiary/aromatic N) is 5. The molecule has 0 unspecified atom stereocenters. The van der Waals surface area contributed by atoms with Crippen molar-refractivity contribution in [1.29, 1.82) is 0 Å². The molecule has 29 heavy (non-hydrogen) atoms. The van der Waals surface area contributed by atoms with Gasteiger partial charge in [0.05, 0.1) is 11.0 Å². The molecule has 0 saturated carbocycles. The van der Waals surface area contributed by atoms with E-state index in [-0.39, 0.29) is 0 Å². The van der Waals surface area contributed by atoms with E-state index >= 15 is 0 Å². The van der Waals surface area contributed by atoms with E-state index in [1.807, 2.05) is 0 Å². The van der Waals surface area contributed by atoms with Crippen molar-refractivity contribution < 1.29 is 0 Å². The minimum absolute atomic E-state index is 0.555. The Morgan fingerprint density at radius 3 is 2.03 bits per heavy atom. The van der Waals surface area contributed by atoms with Crippen molar-refractivity contribution in [2.24, 2.45) is 0 Å². The number of rotatable bonds is 0. The first-order chi connectivity index (χ1) is 14.4. The molecule has 5 nitrogen and oxygen atoms in total. The van der Waals surface area contributed by atoms with Crippen molar-refractivity contribution in [2.45, 2.75) is 0 Å². The smallest absolute Gasteiger partial charge is 0.199 e. The quantitative estimate of drug-likeness (QED) is 0.269. The topological polar surface area (TPSA) is 56.0 Å². The van der Waals surface area contributed by atoms with Gasteiger partial charge in [0.15, 0.2) is 16.9 Å². The SMILES string of the molecule is c1ccc2cc3c(cc2c1)c1nc2nccnc2nc1n1c2ccccc2cc31. The van der Waals surface area contributed by atoms with Gasteiger partial charge in [-0.3, -0.25) is 4.40 Å². The molecule has 7 aromatic rings. The molecule has 4 heterocycles. The van der Waals surface area contributed by atoms with Crippen LogP contribution in [0.15, 0.2) is 79.1 Å². The molecule has 0 bridgehead atoms. The van der Waals surface area contributed by atoms with E-state index in [1.54, 1.807) is 12.4 Å². The molecule has 0 aliphatic heterocycles. The Morgan fingerprint density at radius 2 is 1.24 bits per heavy atom. The molecule has 134 valence electrons. The van der Waals surface area contributed by atoms with Crippen LogP contribution in [0.25, 0.3) is 60.4 Å². The van der Waals surface area contributed by atoms with Crippen LogP contribution in [0.5, 0.6) is 0 Å². The maximum absolute atomic E-state index is 4.89. The lowest BCUT2D eigenvalue weighted by Crippen LogP contribution is -1.99. The first-order valence-corrected chi connectivity index (χ1v) is 9.50. The molecule has 0 aliphatic rings. The highest BCUT2D eigenvalue weighted by atomic mass is 15.1. The second-order valence-corrected chi connectivity index (χ2v) is 7.27. The van der Waals surface area contributed by atoms with E-state index < -0.39 is 0 Å². The summed E-state index contributed by atoms with van der Waals surface area (Å²) in [7, 11) is 0. The van der Waals surface area contributed by atoms with Crippen LogP contribution in [0.4, 0.5) is 0 Å². The van der Waals surface area contributed by atoms with Gasteiger partial charge in [0.2, 0.25) is 0 Å². The summed E-state index contributed by atoms with van der Waals surface area (Å²) in [5, 5.41) is 5.80. The summed E-state index contributed by atoms with van der Waals surface area (Å²) >= 11 is 0. The number of aromatic nitrogens is 5. The molecule has 0 amide bonds. The summed E-state index contributed by atoms with van der Waals surface area (Å²) in [6.07, 6.45) is 3.31. The molecule has 7 rings (SSSR count). The van der Waals surface area contributed by atoms with Gasteiger partial charge < -0.3 is 0 Å². The predicted molar refractivity (Wildman–Crippen MR) is 116 cm³/mol. The minimum atomic E-state index is 0.555. The number of para-hydroxylation sites is 1. The lowest BCUT2D eigenvalue weighted by Gasteiger charge is -2.10. The van der Waals surface area contributed by atoms with E-state index in [0.717, 1.165) is 33.0 Å². The van der Waals surface area contributed by atoms with Crippen LogP contribution in [0.1, 0.15) is 0 Å². The molecule has 0 atom stereocenters. The fourth-order valence-corrected chi connectivity index (χ4v) is 4.36. The Balaban J connectivity index is 1.86. The Bertz CT molecular complexity index is 1760. The molecule has 0 saturated heterocycles. The summed E-state index contributed by atoms with van der Waals surface area (Å²) in [5.41, 5.74) is 4.99. The second-order valence-electron chi connectivity index (χ2n) is 7.27. The van der Waals surface area contributed by atoms with Crippen molar-refractivity contribution in [2.75, 3.05) is 0 Å². The van der Waals surface area contributed by atoms with Gasteiger partial charge in [0.25, 0.3) is 0 Å². The van der Waals surface area contributed by atoms with E-state index in [1.165, 1.54) is 16.2 Å². The van der Waals surface area contributed by atoms with Crippen molar-refractivity contribution in [3.63, 3.8) is 0 Å². The van der Waals surface area contributed by atoms with E-state index in [4.69, 9.17) is 9.97 Å². The minimum Gasteiger partial charge on any atom is -0.292 e. The van der Waals surface area contributed by atoms with E-state index in [0.29, 0.717) is 11.3 Å². The number of fused-ring (bicyclic) bond motifs is 10. The third-order valence-corrected chi connectivity index (χ3v) is 5.64. The zero-order valence-electron chi connectivity index (χ0n) is 15.2. The van der Waals surface area contributed by atoms with Crippen LogP contribution in [-0.4, -0.2) is 24.3 Å². The van der Waals surface area contributed by atoms with Crippen molar-refractivity contribution in [3.8, 4) is 0 Å².